The van der Waals surface area contributed by atoms with E-state index in [1.165, 1.54) is 50.1 Å². The summed E-state index contributed by atoms with van der Waals surface area (Å²) in [6.07, 6.45) is 4.53. The van der Waals surface area contributed by atoms with Crippen LogP contribution in [-0.2, 0) is 6.54 Å². The van der Waals surface area contributed by atoms with Crippen LogP contribution < -0.4 is 0 Å². The van der Waals surface area contributed by atoms with Crippen molar-refractivity contribution in [3.63, 3.8) is 0 Å². The summed E-state index contributed by atoms with van der Waals surface area (Å²) in [5.74, 6) is 0. The Hall–Kier alpha value is -1.71. The number of piperidine rings is 1. The summed E-state index contributed by atoms with van der Waals surface area (Å²) in [5.41, 5.74) is 3.67. The maximum Gasteiger partial charge on any atom is 0.0701 e. The quantitative estimate of drug-likeness (QED) is 0.867. The number of pyridine rings is 1. The lowest BCUT2D eigenvalue weighted by atomic mass is 10.0. The highest BCUT2D eigenvalue weighted by Crippen LogP contribution is 2.23. The van der Waals surface area contributed by atoms with E-state index in [1.54, 1.807) is 0 Å². The predicted octanol–water partition coefficient (Wildman–Crippen LogP) is 3.03. The van der Waals surface area contributed by atoms with Crippen LogP contribution in [0.3, 0.4) is 0 Å². The van der Waals surface area contributed by atoms with Crippen molar-refractivity contribution >= 4 is 0 Å². The van der Waals surface area contributed by atoms with Gasteiger partial charge in [-0.2, -0.15) is 0 Å². The van der Waals surface area contributed by atoms with Crippen LogP contribution in [0.4, 0.5) is 0 Å². The highest BCUT2D eigenvalue weighted by Gasteiger charge is 2.28. The van der Waals surface area contributed by atoms with E-state index in [9.17, 15) is 0 Å². The first kappa shape index (κ1) is 13.9. The minimum Gasteiger partial charge on any atom is -0.302 e. The standard InChI is InChI=1S/C19H23N3/c1-2-10-20-19(3-1)17-6-4-16(5-7-17)15-22-14-13-21-11-8-18(22)9-12-21/h1-7,10,18H,8-9,11-15H2. The monoisotopic (exact) mass is 293 g/mol. The first-order valence-corrected chi connectivity index (χ1v) is 8.35. The Morgan fingerprint density at radius 3 is 2.45 bits per heavy atom. The molecule has 3 heteroatoms. The molecule has 3 aliphatic rings. The zero-order valence-corrected chi connectivity index (χ0v) is 13.0. The average Bonchev–Trinajstić information content (AvgIpc) is 2.90. The van der Waals surface area contributed by atoms with Crippen molar-refractivity contribution in [1.29, 1.82) is 0 Å². The van der Waals surface area contributed by atoms with Crippen molar-refractivity contribution in [3.8, 4) is 11.3 Å². The average molecular weight is 293 g/mol. The van der Waals surface area contributed by atoms with E-state index in [0.29, 0.717) is 0 Å². The molecule has 1 aromatic heterocycles. The third kappa shape index (κ3) is 2.92. The van der Waals surface area contributed by atoms with Gasteiger partial charge in [0.15, 0.2) is 0 Å². The third-order valence-electron chi connectivity index (χ3n) is 5.08. The first-order valence-electron chi connectivity index (χ1n) is 8.35. The first-order chi connectivity index (χ1) is 10.9. The third-order valence-corrected chi connectivity index (χ3v) is 5.08. The molecule has 0 unspecified atom stereocenters. The lowest BCUT2D eigenvalue weighted by Gasteiger charge is -2.31. The van der Waals surface area contributed by atoms with E-state index in [-0.39, 0.29) is 0 Å². The zero-order chi connectivity index (χ0) is 14.8. The summed E-state index contributed by atoms with van der Waals surface area (Å²) in [6.45, 7) is 6.12. The maximum atomic E-state index is 4.42. The highest BCUT2D eigenvalue weighted by molar-refractivity contribution is 5.58. The molecule has 0 aliphatic carbocycles. The summed E-state index contributed by atoms with van der Waals surface area (Å²) in [6, 6.07) is 15.8. The molecule has 0 saturated carbocycles. The molecule has 0 spiro atoms. The van der Waals surface area contributed by atoms with Gasteiger partial charge in [0.05, 0.1) is 5.69 Å². The van der Waals surface area contributed by atoms with E-state index in [4.69, 9.17) is 0 Å². The molecule has 3 saturated heterocycles. The number of fused-ring (bicyclic) bond motifs is 4. The Kier molecular flexibility index (Phi) is 3.92. The van der Waals surface area contributed by atoms with Gasteiger partial charge in [0, 0.05) is 37.4 Å². The topological polar surface area (TPSA) is 19.4 Å². The Morgan fingerprint density at radius 1 is 0.909 bits per heavy atom. The molecule has 2 bridgehead atoms. The van der Waals surface area contributed by atoms with Crippen molar-refractivity contribution in [2.24, 2.45) is 0 Å². The smallest absolute Gasteiger partial charge is 0.0701 e. The molecule has 0 amide bonds. The molecule has 0 radical (unpaired) electrons. The van der Waals surface area contributed by atoms with Crippen molar-refractivity contribution in [3.05, 3.63) is 54.2 Å². The summed E-state index contributed by atoms with van der Waals surface area (Å²) in [5, 5.41) is 0. The number of nitrogens with zero attached hydrogens (tertiary/aromatic N) is 3. The van der Waals surface area contributed by atoms with Gasteiger partial charge in [-0.05, 0) is 43.6 Å². The molecule has 0 N–H and O–H groups in total. The van der Waals surface area contributed by atoms with Crippen LogP contribution in [0.5, 0.6) is 0 Å². The second-order valence-electron chi connectivity index (χ2n) is 6.46. The van der Waals surface area contributed by atoms with Crippen LogP contribution in [-0.4, -0.2) is 47.0 Å². The molecule has 0 atom stereocenters. The normalized spacial score (nSPS) is 25.1. The summed E-state index contributed by atoms with van der Waals surface area (Å²) in [7, 11) is 0. The van der Waals surface area contributed by atoms with E-state index in [1.807, 2.05) is 18.3 Å². The van der Waals surface area contributed by atoms with Gasteiger partial charge in [0.1, 0.15) is 0 Å². The van der Waals surface area contributed by atoms with Crippen molar-refractivity contribution in [2.45, 2.75) is 25.4 Å². The zero-order valence-electron chi connectivity index (χ0n) is 13.0. The van der Waals surface area contributed by atoms with Gasteiger partial charge < -0.3 is 4.90 Å². The van der Waals surface area contributed by atoms with E-state index >= 15 is 0 Å². The number of hydrogen-bond donors (Lipinski definition) is 0. The lowest BCUT2D eigenvalue weighted by Crippen LogP contribution is -2.37. The van der Waals surface area contributed by atoms with Gasteiger partial charge in [-0.15, -0.1) is 0 Å². The fraction of sp³-hybridized carbons (Fsp3) is 0.421. The fourth-order valence-corrected chi connectivity index (χ4v) is 3.72. The van der Waals surface area contributed by atoms with Crippen molar-refractivity contribution < 1.29 is 0 Å². The summed E-state index contributed by atoms with van der Waals surface area (Å²) >= 11 is 0. The van der Waals surface area contributed by atoms with Crippen molar-refractivity contribution in [1.82, 2.24) is 14.8 Å². The van der Waals surface area contributed by atoms with Gasteiger partial charge in [-0.25, -0.2) is 0 Å². The van der Waals surface area contributed by atoms with E-state index in [2.05, 4.69) is 45.1 Å². The number of hydrogen-bond acceptors (Lipinski definition) is 3. The molecule has 3 aliphatic heterocycles. The number of benzene rings is 1. The van der Waals surface area contributed by atoms with E-state index in [0.717, 1.165) is 18.3 Å². The molecule has 3 fully saturated rings. The molecule has 3 nitrogen and oxygen atoms in total. The van der Waals surface area contributed by atoms with Gasteiger partial charge in [0.25, 0.3) is 0 Å². The van der Waals surface area contributed by atoms with Gasteiger partial charge in [0.2, 0.25) is 0 Å². The van der Waals surface area contributed by atoms with Gasteiger partial charge in [-0.3, -0.25) is 9.88 Å². The molecule has 114 valence electrons. The van der Waals surface area contributed by atoms with Gasteiger partial charge >= 0.3 is 0 Å². The Morgan fingerprint density at radius 2 is 1.73 bits per heavy atom. The molecule has 22 heavy (non-hydrogen) atoms. The van der Waals surface area contributed by atoms with Crippen LogP contribution in [0.1, 0.15) is 18.4 Å². The van der Waals surface area contributed by atoms with Crippen LogP contribution in [0.25, 0.3) is 11.3 Å². The summed E-state index contributed by atoms with van der Waals surface area (Å²) in [4.78, 5) is 9.72. The number of rotatable bonds is 3. The largest absolute Gasteiger partial charge is 0.302 e. The molecule has 2 aromatic rings. The maximum absolute atomic E-state index is 4.42. The van der Waals surface area contributed by atoms with E-state index < -0.39 is 0 Å². The summed E-state index contributed by atoms with van der Waals surface area (Å²) < 4.78 is 0. The Labute approximate surface area is 132 Å². The molecular weight excluding hydrogens is 270 g/mol. The molecule has 1 aromatic carbocycles. The Bertz CT molecular complexity index is 600. The van der Waals surface area contributed by atoms with Crippen LogP contribution in [0.2, 0.25) is 0 Å². The SMILES string of the molecule is c1ccc(-c2ccc(CN3CCN4CCC3CC4)cc2)nc1. The number of aromatic nitrogens is 1. The second kappa shape index (κ2) is 6.19. The van der Waals surface area contributed by atoms with Gasteiger partial charge in [-0.1, -0.05) is 30.3 Å². The fourth-order valence-electron chi connectivity index (χ4n) is 3.72. The predicted molar refractivity (Wildman–Crippen MR) is 89.5 cm³/mol. The molecule has 4 heterocycles. The lowest BCUT2D eigenvalue weighted by molar-refractivity contribution is 0.176. The van der Waals surface area contributed by atoms with Crippen molar-refractivity contribution in [2.75, 3.05) is 26.2 Å². The minimum atomic E-state index is 0.786. The van der Waals surface area contributed by atoms with Crippen LogP contribution in [0, 0.1) is 0 Å². The second-order valence-corrected chi connectivity index (χ2v) is 6.46. The highest BCUT2D eigenvalue weighted by atomic mass is 15.3. The van der Waals surface area contributed by atoms with Crippen LogP contribution in [0.15, 0.2) is 48.7 Å². The van der Waals surface area contributed by atoms with Crippen LogP contribution >= 0.6 is 0 Å². The minimum absolute atomic E-state index is 0.786. The molecule has 5 rings (SSSR count). The molecular formula is C19H23N3. The Balaban J connectivity index is 1.47.